The number of amides is 1. The summed E-state index contributed by atoms with van der Waals surface area (Å²) in [5, 5.41) is 10.6. The lowest BCUT2D eigenvalue weighted by Crippen LogP contribution is -2.42. The molecule has 1 saturated heterocycles. The average Bonchev–Trinajstić information content (AvgIpc) is 3.06. The Morgan fingerprint density at radius 1 is 1.48 bits per heavy atom. The van der Waals surface area contributed by atoms with Gasteiger partial charge in [-0.1, -0.05) is 0 Å². The molecule has 1 aliphatic rings. The minimum Gasteiger partial charge on any atom is -0.494 e. The highest BCUT2D eigenvalue weighted by Gasteiger charge is 2.31. The second-order valence-electron chi connectivity index (χ2n) is 6.34. The van der Waals surface area contributed by atoms with E-state index in [-0.39, 0.29) is 23.1 Å². The lowest BCUT2D eigenvalue weighted by Gasteiger charge is -2.35. The molecule has 25 heavy (non-hydrogen) atoms. The highest BCUT2D eigenvalue weighted by molar-refractivity contribution is 5.94. The molecule has 0 radical (unpaired) electrons. The van der Waals surface area contributed by atoms with Gasteiger partial charge in [-0.15, -0.1) is 0 Å². The Bertz CT molecular complexity index is 762. The van der Waals surface area contributed by atoms with Crippen LogP contribution in [0.1, 0.15) is 35.1 Å². The second-order valence-corrected chi connectivity index (χ2v) is 6.34. The fourth-order valence-electron chi connectivity index (χ4n) is 3.31. The standard InChI is InChI=1S/C18H22FN3O3/c1-21-9-7-20-17(21)16(23)13-4-3-8-22(11-13)18(24)12-5-6-15(25-2)14(19)10-12/h5-7,9-10,13,16,23H,3-4,8,11H2,1-2H3. The molecule has 0 spiro atoms. The number of aryl methyl sites for hydroxylation is 1. The van der Waals surface area contributed by atoms with E-state index in [9.17, 15) is 14.3 Å². The van der Waals surface area contributed by atoms with Crippen LogP contribution in [-0.2, 0) is 7.05 Å². The number of hydrogen-bond donors (Lipinski definition) is 1. The maximum Gasteiger partial charge on any atom is 0.253 e. The topological polar surface area (TPSA) is 67.6 Å². The van der Waals surface area contributed by atoms with Crippen LogP contribution < -0.4 is 4.74 Å². The van der Waals surface area contributed by atoms with Gasteiger partial charge in [0.05, 0.1) is 7.11 Å². The Balaban J connectivity index is 1.73. The first-order valence-corrected chi connectivity index (χ1v) is 8.29. The minimum absolute atomic E-state index is 0.0955. The van der Waals surface area contributed by atoms with Crippen LogP contribution in [0, 0.1) is 11.7 Å². The summed E-state index contributed by atoms with van der Waals surface area (Å²) < 4.78 is 20.5. The van der Waals surface area contributed by atoms with E-state index in [1.165, 1.54) is 19.2 Å². The van der Waals surface area contributed by atoms with Crippen LogP contribution in [0.4, 0.5) is 4.39 Å². The molecule has 2 aromatic rings. The van der Waals surface area contributed by atoms with Crippen molar-refractivity contribution >= 4 is 5.91 Å². The van der Waals surface area contributed by atoms with Gasteiger partial charge in [0.2, 0.25) is 0 Å². The number of hydrogen-bond acceptors (Lipinski definition) is 4. The average molecular weight is 347 g/mol. The van der Waals surface area contributed by atoms with Gasteiger partial charge in [-0.05, 0) is 31.0 Å². The molecule has 2 atom stereocenters. The fraction of sp³-hybridized carbons (Fsp3) is 0.444. The maximum absolute atomic E-state index is 13.9. The second kappa shape index (κ2) is 7.23. The van der Waals surface area contributed by atoms with Crippen molar-refractivity contribution in [3.63, 3.8) is 0 Å². The largest absolute Gasteiger partial charge is 0.494 e. The molecule has 1 fully saturated rings. The van der Waals surface area contributed by atoms with Gasteiger partial charge in [0.15, 0.2) is 11.6 Å². The van der Waals surface area contributed by atoms with Crippen molar-refractivity contribution in [1.82, 2.24) is 14.5 Å². The van der Waals surface area contributed by atoms with Gasteiger partial charge in [-0.2, -0.15) is 0 Å². The zero-order chi connectivity index (χ0) is 18.0. The molecule has 0 aliphatic carbocycles. The Labute approximate surface area is 145 Å². The Hall–Kier alpha value is -2.41. The summed E-state index contributed by atoms with van der Waals surface area (Å²) in [6, 6.07) is 4.20. The van der Waals surface area contributed by atoms with Crippen molar-refractivity contribution < 1.29 is 19.0 Å². The zero-order valence-electron chi connectivity index (χ0n) is 14.4. The van der Waals surface area contributed by atoms with Crippen molar-refractivity contribution in [2.75, 3.05) is 20.2 Å². The van der Waals surface area contributed by atoms with Crippen LogP contribution in [0.3, 0.4) is 0 Å². The summed E-state index contributed by atoms with van der Waals surface area (Å²) in [4.78, 5) is 18.6. The molecule has 6 nitrogen and oxygen atoms in total. The number of likely N-dealkylation sites (tertiary alicyclic amines) is 1. The van der Waals surface area contributed by atoms with E-state index in [4.69, 9.17) is 4.74 Å². The van der Waals surface area contributed by atoms with Crippen molar-refractivity contribution in [1.29, 1.82) is 0 Å². The van der Waals surface area contributed by atoms with Gasteiger partial charge < -0.3 is 19.3 Å². The van der Waals surface area contributed by atoms with Crippen LogP contribution in [0.2, 0.25) is 0 Å². The monoisotopic (exact) mass is 347 g/mol. The normalized spacial score (nSPS) is 18.9. The Morgan fingerprint density at radius 2 is 2.28 bits per heavy atom. The number of methoxy groups -OCH3 is 1. The highest BCUT2D eigenvalue weighted by Crippen LogP contribution is 2.29. The number of ether oxygens (including phenoxy) is 1. The van der Waals surface area contributed by atoms with Gasteiger partial charge in [-0.3, -0.25) is 4.79 Å². The summed E-state index contributed by atoms with van der Waals surface area (Å²) in [7, 11) is 3.21. The number of nitrogens with zero attached hydrogens (tertiary/aromatic N) is 3. The van der Waals surface area contributed by atoms with E-state index in [0.29, 0.717) is 18.9 Å². The van der Waals surface area contributed by atoms with Crippen LogP contribution in [0.5, 0.6) is 5.75 Å². The quantitative estimate of drug-likeness (QED) is 0.920. The van der Waals surface area contributed by atoms with Crippen LogP contribution in [0.25, 0.3) is 0 Å². The molecule has 0 saturated carbocycles. The van der Waals surface area contributed by atoms with Crippen molar-refractivity contribution in [2.24, 2.45) is 13.0 Å². The summed E-state index contributed by atoms with van der Waals surface area (Å²) in [6.07, 6.45) is 4.29. The molecule has 1 N–H and O–H groups in total. The van der Waals surface area contributed by atoms with Crippen LogP contribution >= 0.6 is 0 Å². The third kappa shape index (κ3) is 3.51. The summed E-state index contributed by atoms with van der Waals surface area (Å²) in [6.45, 7) is 1.01. The molecule has 0 bridgehead atoms. The SMILES string of the molecule is COc1ccc(C(=O)N2CCCC(C(O)c3nccn3C)C2)cc1F. The summed E-state index contributed by atoms with van der Waals surface area (Å²) in [5.74, 6) is -0.191. The predicted molar refractivity (Wildman–Crippen MR) is 89.7 cm³/mol. The third-order valence-corrected chi connectivity index (χ3v) is 4.71. The third-order valence-electron chi connectivity index (χ3n) is 4.71. The molecule has 2 heterocycles. The van der Waals surface area contributed by atoms with Gasteiger partial charge in [0.25, 0.3) is 5.91 Å². The van der Waals surface area contributed by atoms with E-state index >= 15 is 0 Å². The number of piperidine rings is 1. The number of aromatic nitrogens is 2. The lowest BCUT2D eigenvalue weighted by atomic mass is 9.91. The van der Waals surface area contributed by atoms with Crippen molar-refractivity contribution in [3.8, 4) is 5.75 Å². The van der Waals surface area contributed by atoms with E-state index in [2.05, 4.69) is 4.98 Å². The summed E-state index contributed by atoms with van der Waals surface area (Å²) >= 11 is 0. The van der Waals surface area contributed by atoms with Crippen molar-refractivity contribution in [2.45, 2.75) is 18.9 Å². The molecule has 2 unspecified atom stereocenters. The van der Waals surface area contributed by atoms with Gasteiger partial charge in [-0.25, -0.2) is 9.37 Å². The number of halogens is 1. The molecule has 1 amide bonds. The number of carbonyl (C=O) groups is 1. The first kappa shape index (κ1) is 17.4. The molecular weight excluding hydrogens is 325 g/mol. The smallest absolute Gasteiger partial charge is 0.253 e. The molecule has 1 aromatic heterocycles. The molecule has 1 aliphatic heterocycles. The number of carbonyl (C=O) groups excluding carboxylic acids is 1. The number of rotatable bonds is 4. The highest BCUT2D eigenvalue weighted by atomic mass is 19.1. The number of aliphatic hydroxyl groups is 1. The summed E-state index contributed by atoms with van der Waals surface area (Å²) in [5.41, 5.74) is 0.283. The molecule has 7 heteroatoms. The lowest BCUT2D eigenvalue weighted by molar-refractivity contribution is 0.0358. The molecule has 3 rings (SSSR count). The van der Waals surface area contributed by atoms with Crippen LogP contribution in [-0.4, -0.2) is 45.7 Å². The zero-order valence-corrected chi connectivity index (χ0v) is 14.4. The van der Waals surface area contributed by atoms with Crippen molar-refractivity contribution in [3.05, 3.63) is 47.8 Å². The van der Waals surface area contributed by atoms with Gasteiger partial charge >= 0.3 is 0 Å². The van der Waals surface area contributed by atoms with E-state index in [0.717, 1.165) is 12.8 Å². The molecular formula is C18H22FN3O3. The van der Waals surface area contributed by atoms with Gasteiger partial charge in [0, 0.05) is 44.0 Å². The fourth-order valence-corrected chi connectivity index (χ4v) is 3.31. The number of aliphatic hydroxyl groups excluding tert-OH is 1. The van der Waals surface area contributed by atoms with E-state index in [1.54, 1.807) is 27.9 Å². The Kier molecular flexibility index (Phi) is 5.03. The minimum atomic E-state index is -0.733. The number of imidazole rings is 1. The Morgan fingerprint density at radius 3 is 2.92 bits per heavy atom. The van der Waals surface area contributed by atoms with E-state index < -0.39 is 11.9 Å². The first-order valence-electron chi connectivity index (χ1n) is 8.29. The van der Waals surface area contributed by atoms with E-state index in [1.807, 2.05) is 7.05 Å². The predicted octanol–water partition coefficient (Wildman–Crippen LogP) is 2.15. The molecule has 1 aromatic carbocycles. The maximum atomic E-state index is 13.9. The first-order chi connectivity index (χ1) is 12.0. The number of benzene rings is 1. The van der Waals surface area contributed by atoms with Gasteiger partial charge in [0.1, 0.15) is 11.9 Å². The van der Waals surface area contributed by atoms with Crippen LogP contribution in [0.15, 0.2) is 30.6 Å². The molecule has 134 valence electrons.